The number of nitrogens with one attached hydrogen (secondary N) is 1. The highest BCUT2D eigenvalue weighted by Crippen LogP contribution is 2.41. The summed E-state index contributed by atoms with van der Waals surface area (Å²) in [6.45, 7) is 15.6. The van der Waals surface area contributed by atoms with Gasteiger partial charge in [-0.3, -0.25) is 4.79 Å². The Kier molecular flexibility index (Phi) is 19.5. The molecule has 3 aliphatic rings. The van der Waals surface area contributed by atoms with Gasteiger partial charge in [-0.2, -0.15) is 0 Å². The Labute approximate surface area is 389 Å². The van der Waals surface area contributed by atoms with Gasteiger partial charge in [-0.15, -0.1) is 0 Å². The molecular weight excluding hydrogens is 863 g/mol. The number of hydrogen-bond donors (Lipinski definition) is 6. The fourth-order valence-corrected chi connectivity index (χ4v) is 9.65. The van der Waals surface area contributed by atoms with Crippen molar-refractivity contribution in [3.63, 3.8) is 0 Å². The first-order valence-electron chi connectivity index (χ1n) is 23.0. The van der Waals surface area contributed by atoms with E-state index in [1.165, 1.54) is 21.0 Å². The quantitative estimate of drug-likeness (QED) is 0.100. The Morgan fingerprint density at radius 3 is 2.18 bits per heavy atom. The summed E-state index contributed by atoms with van der Waals surface area (Å²) in [5.74, 6) is -5.79. The molecule has 4 rings (SSSR count). The lowest BCUT2D eigenvalue weighted by molar-refractivity contribution is -0.317. The van der Waals surface area contributed by atoms with Crippen LogP contribution in [0.1, 0.15) is 100 Å². The number of aliphatic hydroxyl groups excluding tert-OH is 3. The van der Waals surface area contributed by atoms with Gasteiger partial charge >= 0.3 is 18.0 Å². The second-order valence-electron chi connectivity index (χ2n) is 19.5. The van der Waals surface area contributed by atoms with Gasteiger partial charge in [0.05, 0.1) is 53.4 Å². The molecule has 1 aromatic rings. The zero-order chi connectivity index (χ0) is 49.5. The number of cyclic esters (lactones) is 1. The standard InChI is InChI=1S/C47H77N3O16/c1-14-33-47(10,58)39(53)27(4)36(49-66-34(51)23-48-44(56)60-24-31-18-16-15-17-19-31)25(2)21-45(8,57)41(65-43-37(52)32(50(11)12)20-26(3)61-43)28(5)38(29(6)42(55)63-33)64-35-22-46(9,59-13)40(54)30(7)62-35/h15-19,25-30,32-33,35,37-41,43,52-54,57-58H,14,20-24H2,1-13H3,(H,48,56)/b49-36-/t25-,26-,27+,28+,29-,30+,32+,33-,35+,37-,38+,39-,40+,41-,43+,45+,46-,47-/m1/s1. The van der Waals surface area contributed by atoms with Gasteiger partial charge in [-0.1, -0.05) is 63.2 Å². The van der Waals surface area contributed by atoms with Crippen molar-refractivity contribution in [2.75, 3.05) is 27.7 Å². The Hall–Kier alpha value is -3.34. The molecule has 19 heteroatoms. The fraction of sp³-hybridized carbons (Fsp3) is 0.787. The minimum absolute atomic E-state index is 0.0334. The van der Waals surface area contributed by atoms with E-state index < -0.39 is 120 Å². The summed E-state index contributed by atoms with van der Waals surface area (Å²) in [6.07, 6.45) is -11.5. The number of amides is 1. The van der Waals surface area contributed by atoms with Crippen LogP contribution in [0.2, 0.25) is 0 Å². The number of nitrogens with zero attached hydrogens (tertiary/aromatic N) is 2. The summed E-state index contributed by atoms with van der Waals surface area (Å²) in [4.78, 5) is 47.1. The number of carbonyl (C=O) groups is 3. The van der Waals surface area contributed by atoms with Crippen molar-refractivity contribution < 1.29 is 77.9 Å². The molecule has 1 amide bonds. The summed E-state index contributed by atoms with van der Waals surface area (Å²) in [5.41, 5.74) is -4.35. The smallest absolute Gasteiger partial charge is 0.407 e. The van der Waals surface area contributed by atoms with Gasteiger partial charge in [0, 0.05) is 37.3 Å². The fourth-order valence-electron chi connectivity index (χ4n) is 9.65. The van der Waals surface area contributed by atoms with Gasteiger partial charge < -0.3 is 73.7 Å². The van der Waals surface area contributed by atoms with Gasteiger partial charge in [0.2, 0.25) is 0 Å². The van der Waals surface area contributed by atoms with Crippen LogP contribution < -0.4 is 5.32 Å². The molecule has 3 fully saturated rings. The van der Waals surface area contributed by atoms with E-state index in [-0.39, 0.29) is 43.7 Å². The van der Waals surface area contributed by atoms with Gasteiger partial charge in [0.15, 0.2) is 12.6 Å². The predicted molar refractivity (Wildman–Crippen MR) is 239 cm³/mol. The van der Waals surface area contributed by atoms with E-state index in [1.54, 1.807) is 72.7 Å². The molecule has 1 aromatic carbocycles. The summed E-state index contributed by atoms with van der Waals surface area (Å²) in [6, 6.07) is 8.56. The van der Waals surface area contributed by atoms with Crippen LogP contribution in [-0.2, 0) is 54.2 Å². The maximum absolute atomic E-state index is 14.4. The van der Waals surface area contributed by atoms with Crippen molar-refractivity contribution in [3.05, 3.63) is 35.9 Å². The number of hydrogen-bond acceptors (Lipinski definition) is 18. The molecule has 0 aromatic heterocycles. The van der Waals surface area contributed by atoms with Crippen molar-refractivity contribution in [3.8, 4) is 0 Å². The number of carbonyl (C=O) groups excluding carboxylic acids is 3. The third kappa shape index (κ3) is 13.5. The third-order valence-corrected chi connectivity index (χ3v) is 13.7. The Bertz CT molecular complexity index is 1770. The van der Waals surface area contributed by atoms with Gasteiger partial charge in [0.1, 0.15) is 37.1 Å². The topological polar surface area (TPSA) is 254 Å². The SMILES string of the molecule is CC[C@H]1OC(=O)[C@H](C)[C@@H](O[C@H]2C[C@@](C)(OC)[C@@H](O)[C@H](C)O2)[C@H](C)[C@@H](O[C@@H]2O[C@H](C)C[C@H](N(C)C)[C@H]2O)[C@@](C)(O)C[C@@H](C)/C(=N/OC(=O)CNC(=O)OCc2ccccc2)[C@H](C)[C@@H](O)[C@]1(C)O. The minimum Gasteiger partial charge on any atom is -0.459 e. The second kappa shape index (κ2) is 23.3. The number of oxime groups is 1. The molecule has 66 heavy (non-hydrogen) atoms. The summed E-state index contributed by atoms with van der Waals surface area (Å²) < 4.78 is 42.8. The molecule has 0 bridgehead atoms. The highest BCUT2D eigenvalue weighted by atomic mass is 16.7. The number of rotatable bonds is 12. The molecule has 19 nitrogen and oxygen atoms in total. The lowest BCUT2D eigenvalue weighted by atomic mass is 9.73. The summed E-state index contributed by atoms with van der Waals surface area (Å²) in [5, 5.41) is 66.1. The maximum Gasteiger partial charge on any atom is 0.407 e. The average Bonchev–Trinajstić information content (AvgIpc) is 3.26. The zero-order valence-electron chi connectivity index (χ0n) is 40.9. The average molecular weight is 940 g/mol. The Morgan fingerprint density at radius 1 is 0.924 bits per heavy atom. The molecular formula is C47H77N3O16. The molecule has 3 saturated heterocycles. The van der Waals surface area contributed by atoms with E-state index in [9.17, 15) is 39.9 Å². The van der Waals surface area contributed by atoms with Crippen molar-refractivity contribution in [2.24, 2.45) is 28.8 Å². The first kappa shape index (κ1) is 55.3. The van der Waals surface area contributed by atoms with Crippen LogP contribution in [0.3, 0.4) is 0 Å². The number of benzene rings is 1. The van der Waals surface area contributed by atoms with Gasteiger partial charge in [0.25, 0.3) is 0 Å². The number of methoxy groups -OCH3 is 1. The summed E-state index contributed by atoms with van der Waals surface area (Å²) in [7, 11) is 5.12. The molecule has 3 aliphatic heterocycles. The lowest BCUT2D eigenvalue weighted by Crippen LogP contribution is -2.61. The molecule has 0 spiro atoms. The van der Waals surface area contributed by atoms with Crippen LogP contribution in [0.15, 0.2) is 35.5 Å². The first-order valence-corrected chi connectivity index (χ1v) is 23.0. The molecule has 376 valence electrons. The molecule has 18 atom stereocenters. The number of aliphatic hydroxyl groups is 5. The normalized spacial score (nSPS) is 41.4. The van der Waals surface area contributed by atoms with Crippen molar-refractivity contribution in [1.29, 1.82) is 0 Å². The van der Waals surface area contributed by atoms with E-state index in [2.05, 4.69) is 10.5 Å². The van der Waals surface area contributed by atoms with E-state index in [1.807, 2.05) is 32.0 Å². The van der Waals surface area contributed by atoms with Crippen LogP contribution in [0.4, 0.5) is 4.79 Å². The molecule has 0 unspecified atom stereocenters. The number of ether oxygens (including phenoxy) is 7. The van der Waals surface area contributed by atoms with E-state index in [0.29, 0.717) is 6.42 Å². The number of esters is 1. The molecule has 6 N–H and O–H groups in total. The highest BCUT2D eigenvalue weighted by Gasteiger charge is 2.53. The number of likely N-dealkylation sites (N-methyl/N-ethyl adjacent to an activating group) is 1. The maximum atomic E-state index is 14.4. The summed E-state index contributed by atoms with van der Waals surface area (Å²) >= 11 is 0. The lowest BCUT2D eigenvalue weighted by Gasteiger charge is -2.49. The van der Waals surface area contributed by atoms with Crippen molar-refractivity contribution >= 4 is 23.7 Å². The largest absolute Gasteiger partial charge is 0.459 e. The van der Waals surface area contributed by atoms with Crippen LogP contribution in [0.5, 0.6) is 0 Å². The first-order chi connectivity index (χ1) is 30.8. The van der Waals surface area contributed by atoms with E-state index in [4.69, 9.17) is 38.0 Å². The minimum atomic E-state index is -2.11. The monoisotopic (exact) mass is 940 g/mol. The molecule has 0 saturated carbocycles. The van der Waals surface area contributed by atoms with Crippen molar-refractivity contribution in [2.45, 2.75) is 186 Å². The van der Waals surface area contributed by atoms with Crippen LogP contribution >= 0.6 is 0 Å². The Balaban J connectivity index is 1.78. The van der Waals surface area contributed by atoms with Crippen LogP contribution in [-0.4, -0.2) is 166 Å². The van der Waals surface area contributed by atoms with Gasteiger partial charge in [-0.25, -0.2) is 9.59 Å². The van der Waals surface area contributed by atoms with Crippen LogP contribution in [0.25, 0.3) is 0 Å². The van der Waals surface area contributed by atoms with Gasteiger partial charge in [-0.05, 0) is 80.5 Å². The Morgan fingerprint density at radius 2 is 1.58 bits per heavy atom. The third-order valence-electron chi connectivity index (χ3n) is 13.7. The van der Waals surface area contributed by atoms with Crippen molar-refractivity contribution in [1.82, 2.24) is 10.2 Å². The zero-order valence-corrected chi connectivity index (χ0v) is 40.9. The van der Waals surface area contributed by atoms with E-state index in [0.717, 1.165) is 5.56 Å². The van der Waals surface area contributed by atoms with Crippen LogP contribution in [0, 0.1) is 23.7 Å². The molecule has 0 aliphatic carbocycles. The molecule has 0 radical (unpaired) electrons. The second-order valence-corrected chi connectivity index (χ2v) is 19.5. The predicted octanol–water partition coefficient (Wildman–Crippen LogP) is 3.04. The van der Waals surface area contributed by atoms with E-state index >= 15 is 0 Å². The number of alkyl carbamates (subject to hydrolysis) is 1. The molecule has 3 heterocycles. The highest BCUT2D eigenvalue weighted by molar-refractivity contribution is 5.89.